The molecular formula is C24H34N7O3S+. The molecule has 3 heterocycles. The van der Waals surface area contributed by atoms with Crippen LogP contribution in [0.1, 0.15) is 51.9 Å². The molecule has 1 aromatic heterocycles. The Kier molecular flexibility index (Phi) is 6.54. The van der Waals surface area contributed by atoms with E-state index in [-0.39, 0.29) is 12.1 Å². The van der Waals surface area contributed by atoms with Gasteiger partial charge >= 0.3 is 16.1 Å². The first-order valence-corrected chi connectivity index (χ1v) is 14.1. The minimum atomic E-state index is -3.39. The maximum absolute atomic E-state index is 13.0. The van der Waals surface area contributed by atoms with Crippen LogP contribution in [0.15, 0.2) is 35.4 Å². The van der Waals surface area contributed by atoms with Gasteiger partial charge in [-0.25, -0.2) is 19.1 Å². The van der Waals surface area contributed by atoms with Gasteiger partial charge in [0.1, 0.15) is 10.6 Å². The third kappa shape index (κ3) is 4.42. The zero-order valence-corrected chi connectivity index (χ0v) is 21.2. The molecule has 2 aliphatic heterocycles. The van der Waals surface area contributed by atoms with E-state index in [1.54, 1.807) is 47.4 Å². The second kappa shape index (κ2) is 9.62. The summed E-state index contributed by atoms with van der Waals surface area (Å²) < 4.78 is 26.6. The second-order valence-corrected chi connectivity index (χ2v) is 11.6. The Morgan fingerprint density at radius 1 is 1.06 bits per heavy atom. The van der Waals surface area contributed by atoms with Crippen LogP contribution >= 0.6 is 0 Å². The fraction of sp³-hybridized carbons (Fsp3) is 0.542. The van der Waals surface area contributed by atoms with Crippen molar-refractivity contribution in [2.45, 2.75) is 62.8 Å². The normalized spacial score (nSPS) is 19.8. The summed E-state index contributed by atoms with van der Waals surface area (Å²) in [7, 11) is -1.65. The molecular weight excluding hydrogens is 466 g/mol. The summed E-state index contributed by atoms with van der Waals surface area (Å²) in [6, 6.07) is 6.95. The van der Waals surface area contributed by atoms with Gasteiger partial charge in [0, 0.05) is 19.3 Å². The van der Waals surface area contributed by atoms with Crippen molar-refractivity contribution in [2.75, 3.05) is 41.9 Å². The topological polar surface area (TPSA) is 103 Å². The molecule has 0 bridgehead atoms. The number of aromatic nitrogens is 2. The molecule has 0 unspecified atom stereocenters. The Morgan fingerprint density at radius 2 is 1.74 bits per heavy atom. The number of carbonyl (C=O) groups is 1. The first-order valence-electron chi connectivity index (χ1n) is 12.6. The number of piperidine rings is 1. The van der Waals surface area contributed by atoms with E-state index >= 15 is 0 Å². The third-order valence-corrected chi connectivity index (χ3v) is 9.34. The van der Waals surface area contributed by atoms with Crippen molar-refractivity contribution in [3.63, 3.8) is 0 Å². The molecule has 11 heteroatoms. The highest BCUT2D eigenvalue weighted by molar-refractivity contribution is 7.85. The smallest absolute Gasteiger partial charge is 0.324 e. The van der Waals surface area contributed by atoms with E-state index in [1.807, 2.05) is 6.92 Å². The van der Waals surface area contributed by atoms with Gasteiger partial charge in [-0.15, -0.1) is 0 Å². The lowest BCUT2D eigenvalue weighted by atomic mass is 10.2. The summed E-state index contributed by atoms with van der Waals surface area (Å²) in [5.74, 6) is 1.12. The Balaban J connectivity index is 1.40. The molecule has 1 aliphatic carbocycles. The van der Waals surface area contributed by atoms with Crippen LogP contribution < -0.4 is 19.5 Å². The standard InChI is InChI=1S/C24H33N7O3S/c1-3-30-24(32)28(2)21-17-25-23(27-22(21)31(30)19-9-5-6-10-19)26-18-11-13-20(14-12-18)35(33,34)29-15-7-4-8-16-29/h11-14,17,19H,3-10,15-16H2,1-2H3,(H,25,26,27)/p+1. The van der Waals surface area contributed by atoms with Crippen LogP contribution in [0.25, 0.3) is 0 Å². The summed E-state index contributed by atoms with van der Waals surface area (Å²) in [6.07, 6.45) is 8.99. The van der Waals surface area contributed by atoms with Crippen molar-refractivity contribution in [1.29, 1.82) is 0 Å². The molecule has 35 heavy (non-hydrogen) atoms. The summed E-state index contributed by atoms with van der Waals surface area (Å²) in [4.78, 5) is 24.2. The van der Waals surface area contributed by atoms with Crippen LogP contribution in [-0.2, 0) is 10.0 Å². The minimum absolute atomic E-state index is 0.0798. The number of sulfonamides is 1. The SMILES string of the molecule is CCN1C(=O)N(C)c2cnc(Nc3ccc(S(=O)(=O)[NH+]4CCCCC4)cc3)nc2N1C1CCCC1. The highest BCUT2D eigenvalue weighted by atomic mass is 32.2. The molecule has 0 atom stereocenters. The largest absolute Gasteiger partial charge is 0.343 e. The van der Waals surface area contributed by atoms with Crippen molar-refractivity contribution in [3.8, 4) is 0 Å². The molecule has 188 valence electrons. The number of benzene rings is 1. The molecule has 2 amide bonds. The summed E-state index contributed by atoms with van der Waals surface area (Å²) in [5, 5.41) is 7.02. The van der Waals surface area contributed by atoms with Crippen LogP contribution in [0, 0.1) is 0 Å². The van der Waals surface area contributed by atoms with Crippen LogP contribution in [0.4, 0.5) is 27.9 Å². The molecule has 1 saturated carbocycles. The number of amides is 2. The first-order chi connectivity index (χ1) is 16.9. The fourth-order valence-electron chi connectivity index (χ4n) is 5.35. The second-order valence-electron chi connectivity index (χ2n) is 9.49. The number of hydrogen-bond acceptors (Lipinski definition) is 7. The molecule has 10 nitrogen and oxygen atoms in total. The predicted octanol–water partition coefficient (Wildman–Crippen LogP) is 2.53. The summed E-state index contributed by atoms with van der Waals surface area (Å²) >= 11 is 0. The van der Waals surface area contributed by atoms with Gasteiger partial charge in [0.2, 0.25) is 5.95 Å². The lowest BCUT2D eigenvalue weighted by molar-refractivity contribution is -0.773. The van der Waals surface area contributed by atoms with Crippen LogP contribution in [0.3, 0.4) is 0 Å². The maximum Gasteiger partial charge on any atom is 0.343 e. The fourth-order valence-corrected chi connectivity index (χ4v) is 7.00. The van der Waals surface area contributed by atoms with Gasteiger partial charge in [0.15, 0.2) is 5.82 Å². The number of hydrogen-bond donors (Lipinski definition) is 2. The summed E-state index contributed by atoms with van der Waals surface area (Å²) in [5.41, 5.74) is 1.39. The number of fused-ring (bicyclic) bond motifs is 1. The molecule has 2 aromatic rings. The molecule has 5 rings (SSSR count). The monoisotopic (exact) mass is 500 g/mol. The third-order valence-electron chi connectivity index (χ3n) is 7.28. The van der Waals surface area contributed by atoms with Crippen molar-refractivity contribution >= 4 is 39.2 Å². The van der Waals surface area contributed by atoms with Crippen LogP contribution in [-0.4, -0.2) is 62.1 Å². The number of anilines is 4. The predicted molar refractivity (Wildman–Crippen MR) is 134 cm³/mol. The van der Waals surface area contributed by atoms with Gasteiger partial charge in [-0.1, -0.05) is 12.8 Å². The van der Waals surface area contributed by atoms with E-state index in [0.717, 1.165) is 44.9 Å². The molecule has 3 aliphatic rings. The van der Waals surface area contributed by atoms with E-state index in [4.69, 9.17) is 4.98 Å². The molecule has 1 aromatic carbocycles. The average Bonchev–Trinajstić information content (AvgIpc) is 3.41. The molecule has 2 N–H and O–H groups in total. The van der Waals surface area contributed by atoms with Gasteiger partial charge in [-0.3, -0.25) is 9.91 Å². The summed E-state index contributed by atoms with van der Waals surface area (Å²) in [6.45, 7) is 3.85. The number of rotatable bonds is 6. The van der Waals surface area contributed by atoms with Crippen molar-refractivity contribution in [2.24, 2.45) is 0 Å². The number of nitrogens with one attached hydrogen (secondary N) is 2. The van der Waals surface area contributed by atoms with Crippen molar-refractivity contribution < 1.29 is 17.5 Å². The Hall–Kier alpha value is -2.92. The number of carbonyl (C=O) groups excluding carboxylic acids is 1. The number of urea groups is 1. The number of quaternary nitrogens is 1. The average molecular weight is 501 g/mol. The Bertz CT molecular complexity index is 1180. The number of nitrogens with zero attached hydrogens (tertiary/aromatic N) is 5. The maximum atomic E-state index is 13.0. The minimum Gasteiger partial charge on any atom is -0.324 e. The van der Waals surface area contributed by atoms with Gasteiger partial charge in [0.25, 0.3) is 0 Å². The lowest BCUT2D eigenvalue weighted by Crippen LogP contribution is -3.14. The molecule has 0 spiro atoms. The zero-order chi connectivity index (χ0) is 24.6. The van der Waals surface area contributed by atoms with Gasteiger partial charge in [-0.05, 0) is 63.3 Å². The molecule has 2 fully saturated rings. The Labute approximate surface area is 207 Å². The van der Waals surface area contributed by atoms with Crippen molar-refractivity contribution in [3.05, 3.63) is 30.5 Å². The molecule has 0 radical (unpaired) electrons. The van der Waals surface area contributed by atoms with E-state index in [1.165, 1.54) is 0 Å². The van der Waals surface area contributed by atoms with E-state index < -0.39 is 10.0 Å². The highest BCUT2D eigenvalue weighted by Crippen LogP contribution is 2.38. The van der Waals surface area contributed by atoms with Crippen LogP contribution in [0.5, 0.6) is 0 Å². The van der Waals surface area contributed by atoms with Crippen LogP contribution in [0.2, 0.25) is 0 Å². The number of hydrazine groups is 1. The Morgan fingerprint density at radius 3 is 2.40 bits per heavy atom. The molecule has 1 saturated heterocycles. The lowest BCUT2D eigenvalue weighted by Gasteiger charge is -2.45. The van der Waals surface area contributed by atoms with E-state index in [2.05, 4.69) is 15.3 Å². The highest BCUT2D eigenvalue weighted by Gasteiger charge is 2.39. The van der Waals surface area contributed by atoms with Gasteiger partial charge in [0.05, 0.1) is 25.3 Å². The zero-order valence-electron chi connectivity index (χ0n) is 20.4. The quantitative estimate of drug-likeness (QED) is 0.628. The van der Waals surface area contributed by atoms with Crippen molar-refractivity contribution in [1.82, 2.24) is 15.0 Å². The van der Waals surface area contributed by atoms with Gasteiger partial charge in [-0.2, -0.15) is 13.4 Å². The first kappa shape index (κ1) is 23.8. The van der Waals surface area contributed by atoms with Gasteiger partial charge < -0.3 is 5.32 Å². The van der Waals surface area contributed by atoms with E-state index in [9.17, 15) is 13.2 Å². The van der Waals surface area contributed by atoms with E-state index in [0.29, 0.717) is 52.0 Å².